The maximum Gasteiger partial charge on any atom is 0.151 e. The van der Waals surface area contributed by atoms with Gasteiger partial charge in [0.15, 0.2) is 5.82 Å². The van der Waals surface area contributed by atoms with E-state index >= 15 is 0 Å². The molecule has 146 valence electrons. The van der Waals surface area contributed by atoms with E-state index in [0.29, 0.717) is 6.10 Å². The number of likely N-dealkylation sites (N-methyl/N-ethyl adjacent to an activating group) is 1. The monoisotopic (exact) mass is 501 g/mol. The van der Waals surface area contributed by atoms with Gasteiger partial charge in [0.25, 0.3) is 0 Å². The molecule has 2 aromatic rings. The van der Waals surface area contributed by atoms with Gasteiger partial charge in [0.05, 0.1) is 23.4 Å². The van der Waals surface area contributed by atoms with Crippen LogP contribution in [-0.4, -0.2) is 85.6 Å². The Bertz CT molecular complexity index is 777. The fraction of sp³-hybridized carbons (Fsp3) is 0.526. The molecule has 3 heterocycles. The number of piperazine rings is 1. The number of hydrogen-bond acceptors (Lipinski definition) is 5. The summed E-state index contributed by atoms with van der Waals surface area (Å²) in [4.78, 5) is 7.22. The molecule has 2 saturated heterocycles. The molecular weight excluding hydrogens is 477 g/mol. The minimum atomic E-state index is 0.333. The van der Waals surface area contributed by atoms with Gasteiger partial charge < -0.3 is 14.5 Å². The van der Waals surface area contributed by atoms with Crippen LogP contribution < -0.4 is 4.90 Å². The Morgan fingerprint density at radius 3 is 2.78 bits per heavy atom. The summed E-state index contributed by atoms with van der Waals surface area (Å²) in [5.41, 5.74) is 2.14. The van der Waals surface area contributed by atoms with Crippen molar-refractivity contribution in [2.75, 3.05) is 64.4 Å². The van der Waals surface area contributed by atoms with Gasteiger partial charge in [-0.05, 0) is 41.8 Å². The number of morpholine rings is 1. The summed E-state index contributed by atoms with van der Waals surface area (Å²) >= 11 is 8.39. The Morgan fingerprint density at radius 1 is 1.22 bits per heavy atom. The zero-order chi connectivity index (χ0) is 18.8. The average Bonchev–Trinajstić information content (AvgIpc) is 3.15. The van der Waals surface area contributed by atoms with Gasteiger partial charge in [0, 0.05) is 61.0 Å². The molecule has 0 saturated carbocycles. The summed E-state index contributed by atoms with van der Waals surface area (Å²) in [6, 6.07) is 8.18. The number of halogens is 2. The van der Waals surface area contributed by atoms with E-state index < -0.39 is 0 Å². The molecule has 1 aromatic carbocycles. The lowest BCUT2D eigenvalue weighted by molar-refractivity contribution is -0.0361. The predicted molar refractivity (Wildman–Crippen MR) is 118 cm³/mol. The topological polar surface area (TPSA) is 47.6 Å². The maximum absolute atomic E-state index is 6.13. The first-order valence-electron chi connectivity index (χ1n) is 9.37. The highest BCUT2D eigenvalue weighted by molar-refractivity contribution is 14.1. The molecule has 1 unspecified atom stereocenters. The van der Waals surface area contributed by atoms with Gasteiger partial charge in [0.2, 0.25) is 0 Å². The van der Waals surface area contributed by atoms with Crippen LogP contribution in [0.2, 0.25) is 5.02 Å². The van der Waals surface area contributed by atoms with Crippen LogP contribution in [-0.2, 0) is 4.74 Å². The second-order valence-corrected chi connectivity index (χ2v) is 8.88. The largest absolute Gasteiger partial charge is 0.374 e. The van der Waals surface area contributed by atoms with E-state index in [1.165, 1.54) is 0 Å². The van der Waals surface area contributed by atoms with Crippen LogP contribution in [0.15, 0.2) is 24.3 Å². The van der Waals surface area contributed by atoms with Crippen molar-refractivity contribution in [3.63, 3.8) is 0 Å². The fourth-order valence-corrected chi connectivity index (χ4v) is 4.34. The number of rotatable bonds is 4. The summed E-state index contributed by atoms with van der Waals surface area (Å²) in [7, 11) is 2.17. The average molecular weight is 502 g/mol. The molecule has 2 fully saturated rings. The smallest absolute Gasteiger partial charge is 0.151 e. The molecule has 0 amide bonds. The second-order valence-electron chi connectivity index (χ2n) is 7.31. The van der Waals surface area contributed by atoms with Crippen LogP contribution in [0, 0.1) is 3.57 Å². The lowest BCUT2D eigenvalue weighted by atomic mass is 10.1. The van der Waals surface area contributed by atoms with Gasteiger partial charge in [-0.25, -0.2) is 0 Å². The lowest BCUT2D eigenvalue weighted by Gasteiger charge is -2.38. The number of nitrogens with one attached hydrogen (secondary N) is 1. The summed E-state index contributed by atoms with van der Waals surface area (Å²) < 4.78 is 6.96. The third-order valence-corrected chi connectivity index (χ3v) is 6.84. The SMILES string of the molecule is CN1CCOC(CN2CCN(c3cc(-c4ccc(Cl)c(I)c4)[nH]n3)CC2)C1. The summed E-state index contributed by atoms with van der Waals surface area (Å²) in [6.45, 7) is 8.01. The molecule has 0 radical (unpaired) electrons. The third-order valence-electron chi connectivity index (χ3n) is 5.29. The van der Waals surface area contributed by atoms with Crippen molar-refractivity contribution in [2.24, 2.45) is 0 Å². The molecule has 2 aliphatic heterocycles. The van der Waals surface area contributed by atoms with E-state index in [9.17, 15) is 0 Å². The molecule has 0 bridgehead atoms. The quantitative estimate of drug-likeness (QED) is 0.653. The molecule has 1 N–H and O–H groups in total. The lowest BCUT2D eigenvalue weighted by Crippen LogP contribution is -2.52. The first-order chi connectivity index (χ1) is 13.1. The number of ether oxygens (including phenoxy) is 1. The molecule has 0 aliphatic carbocycles. The molecule has 2 aliphatic rings. The number of anilines is 1. The number of benzene rings is 1. The third kappa shape index (κ3) is 4.76. The molecule has 8 heteroatoms. The number of hydrogen-bond donors (Lipinski definition) is 1. The van der Waals surface area contributed by atoms with E-state index in [1.807, 2.05) is 12.1 Å². The zero-order valence-electron chi connectivity index (χ0n) is 15.5. The second kappa shape index (κ2) is 8.65. The van der Waals surface area contributed by atoms with Crippen molar-refractivity contribution in [3.05, 3.63) is 32.9 Å². The van der Waals surface area contributed by atoms with Crippen molar-refractivity contribution in [1.82, 2.24) is 20.0 Å². The number of aromatic nitrogens is 2. The highest BCUT2D eigenvalue weighted by Gasteiger charge is 2.24. The van der Waals surface area contributed by atoms with Gasteiger partial charge >= 0.3 is 0 Å². The standard InChI is InChI=1S/C19H25ClIN5O/c1-24-8-9-27-15(12-24)13-25-4-6-26(7-5-25)19-11-18(22-23-19)14-2-3-16(20)17(21)10-14/h2-3,10-11,15H,4-9,12-13H2,1H3,(H,22,23). The number of aromatic amines is 1. The molecule has 4 rings (SSSR count). The Balaban J connectivity index is 1.33. The van der Waals surface area contributed by atoms with Crippen LogP contribution in [0.1, 0.15) is 0 Å². The van der Waals surface area contributed by atoms with Gasteiger partial charge in [-0.3, -0.25) is 10.00 Å². The first kappa shape index (κ1) is 19.4. The van der Waals surface area contributed by atoms with Crippen molar-refractivity contribution in [2.45, 2.75) is 6.10 Å². The van der Waals surface area contributed by atoms with Crippen molar-refractivity contribution in [3.8, 4) is 11.3 Å². The first-order valence-corrected chi connectivity index (χ1v) is 10.8. The molecule has 6 nitrogen and oxygen atoms in total. The van der Waals surface area contributed by atoms with E-state index in [1.54, 1.807) is 0 Å². The van der Waals surface area contributed by atoms with E-state index in [-0.39, 0.29) is 0 Å². The van der Waals surface area contributed by atoms with Gasteiger partial charge in [-0.15, -0.1) is 0 Å². The predicted octanol–water partition coefficient (Wildman–Crippen LogP) is 2.79. The Hall–Kier alpha value is -0.870. The maximum atomic E-state index is 6.13. The van der Waals surface area contributed by atoms with Crippen LogP contribution in [0.4, 0.5) is 5.82 Å². The zero-order valence-corrected chi connectivity index (χ0v) is 18.4. The highest BCUT2D eigenvalue weighted by Crippen LogP contribution is 2.27. The number of H-pyrrole nitrogens is 1. The normalized spacial score (nSPS) is 22.3. The molecule has 1 aromatic heterocycles. The van der Waals surface area contributed by atoms with E-state index in [0.717, 1.165) is 78.1 Å². The molecule has 27 heavy (non-hydrogen) atoms. The van der Waals surface area contributed by atoms with E-state index in [2.05, 4.69) is 66.7 Å². The van der Waals surface area contributed by atoms with Crippen molar-refractivity contribution < 1.29 is 4.74 Å². The summed E-state index contributed by atoms with van der Waals surface area (Å²) in [5.74, 6) is 1.02. The van der Waals surface area contributed by atoms with Gasteiger partial charge in [0.1, 0.15) is 0 Å². The Kier molecular flexibility index (Phi) is 6.23. The van der Waals surface area contributed by atoms with Gasteiger partial charge in [-0.1, -0.05) is 17.7 Å². The van der Waals surface area contributed by atoms with Crippen LogP contribution in [0.25, 0.3) is 11.3 Å². The minimum Gasteiger partial charge on any atom is -0.374 e. The molecule has 1 atom stereocenters. The fourth-order valence-electron chi connectivity index (χ4n) is 3.71. The van der Waals surface area contributed by atoms with E-state index in [4.69, 9.17) is 16.3 Å². The minimum absolute atomic E-state index is 0.333. The highest BCUT2D eigenvalue weighted by atomic mass is 127. The van der Waals surface area contributed by atoms with Crippen molar-refractivity contribution in [1.29, 1.82) is 0 Å². The number of nitrogens with zero attached hydrogens (tertiary/aromatic N) is 4. The van der Waals surface area contributed by atoms with Crippen LogP contribution in [0.5, 0.6) is 0 Å². The molecule has 0 spiro atoms. The summed E-state index contributed by atoms with van der Waals surface area (Å²) in [6.07, 6.45) is 0.333. The Labute approximate surface area is 178 Å². The van der Waals surface area contributed by atoms with Gasteiger partial charge in [-0.2, -0.15) is 5.10 Å². The van der Waals surface area contributed by atoms with Crippen molar-refractivity contribution >= 4 is 40.0 Å². The molecular formula is C19H25ClIN5O. The Morgan fingerprint density at radius 2 is 2.04 bits per heavy atom. The summed E-state index contributed by atoms with van der Waals surface area (Å²) in [5, 5.41) is 8.49. The van der Waals surface area contributed by atoms with Crippen LogP contribution in [0.3, 0.4) is 0 Å². The van der Waals surface area contributed by atoms with Crippen LogP contribution >= 0.6 is 34.2 Å².